The fraction of sp³-hybridized carbons (Fsp3) is 0.393. The van der Waals surface area contributed by atoms with Crippen LogP contribution in [-0.2, 0) is 16.1 Å². The Bertz CT molecular complexity index is 1330. The predicted octanol–water partition coefficient (Wildman–Crippen LogP) is 3.02. The van der Waals surface area contributed by atoms with Crippen LogP contribution in [0.2, 0.25) is 0 Å². The van der Waals surface area contributed by atoms with Gasteiger partial charge in [-0.15, -0.1) is 11.3 Å². The van der Waals surface area contributed by atoms with Crippen LogP contribution in [0.15, 0.2) is 48.1 Å². The first kappa shape index (κ1) is 27.4. The fourth-order valence-corrected chi connectivity index (χ4v) is 5.70. The number of thiazole rings is 1. The quantitative estimate of drug-likeness (QED) is 0.425. The third-order valence-corrected chi connectivity index (χ3v) is 7.76. The van der Waals surface area contributed by atoms with E-state index in [1.165, 1.54) is 11.1 Å². The molecule has 3 atom stereocenters. The van der Waals surface area contributed by atoms with Crippen LogP contribution in [0.3, 0.4) is 0 Å². The minimum Gasteiger partial charge on any atom is -0.391 e. The number of primary amides is 1. The van der Waals surface area contributed by atoms with Crippen molar-refractivity contribution in [2.45, 2.75) is 58.7 Å². The number of aliphatic hydroxyl groups is 1. The second kappa shape index (κ2) is 11.0. The van der Waals surface area contributed by atoms with Crippen LogP contribution in [0.5, 0.6) is 0 Å². The normalized spacial score (nSPS) is 18.3. The number of hydrogen-bond donors (Lipinski definition) is 3. The number of aromatic nitrogens is 2. The van der Waals surface area contributed by atoms with Crippen molar-refractivity contribution >= 4 is 29.1 Å². The number of β-amino-alcohol motifs (C(OH)–C–C–N with tert-alkyl or cyclic N) is 1. The van der Waals surface area contributed by atoms with E-state index >= 15 is 0 Å². The minimum atomic E-state index is -0.845. The molecular formula is C28H33N5O4S. The molecule has 1 fully saturated rings. The van der Waals surface area contributed by atoms with Crippen LogP contribution in [0.4, 0.5) is 0 Å². The van der Waals surface area contributed by atoms with E-state index in [0.29, 0.717) is 0 Å². The zero-order chi connectivity index (χ0) is 27.6. The number of nitrogens with one attached hydrogen (secondary N) is 1. The first-order valence-electron chi connectivity index (χ1n) is 12.5. The number of aryl methyl sites for hydroxylation is 1. The summed E-state index contributed by atoms with van der Waals surface area (Å²) in [5.41, 5.74) is 10.1. The van der Waals surface area contributed by atoms with E-state index in [1.807, 2.05) is 57.5 Å². The van der Waals surface area contributed by atoms with Crippen molar-refractivity contribution in [3.05, 3.63) is 70.6 Å². The average molecular weight is 536 g/mol. The Kier molecular flexibility index (Phi) is 7.94. The highest BCUT2D eigenvalue weighted by molar-refractivity contribution is 7.13. The van der Waals surface area contributed by atoms with Crippen molar-refractivity contribution in [3.63, 3.8) is 0 Å². The van der Waals surface area contributed by atoms with Gasteiger partial charge in [0.2, 0.25) is 11.8 Å². The van der Waals surface area contributed by atoms with Crippen LogP contribution in [0, 0.1) is 12.3 Å². The highest BCUT2D eigenvalue weighted by Gasteiger charge is 2.45. The average Bonchev–Trinajstić information content (AvgIpc) is 3.47. The Balaban J connectivity index is 1.51. The molecule has 1 aliphatic rings. The number of carbonyl (C=O) groups excluding carboxylic acids is 3. The predicted molar refractivity (Wildman–Crippen MR) is 145 cm³/mol. The van der Waals surface area contributed by atoms with Gasteiger partial charge < -0.3 is 21.1 Å². The number of benzene rings is 1. The third-order valence-electron chi connectivity index (χ3n) is 6.78. The lowest BCUT2D eigenvalue weighted by Gasteiger charge is -2.35. The standard InChI is InChI=1S/C28H33N5O4S/c1-16-24(38-15-32-16)18-9-7-17(8-10-18)13-31-26(36)21-12-19(34)14-33(21)27(37)22(28(2,3)4)23-20(25(29)35)6-5-11-30-23/h5-11,15,19,21-22,34H,12-14H2,1-4H3,(H2,29,35)(H,31,36)/t19-,21+,22+/m1/s1. The lowest BCUT2D eigenvalue weighted by Crippen LogP contribution is -2.49. The van der Waals surface area contributed by atoms with Crippen LogP contribution in [-0.4, -0.2) is 56.4 Å². The first-order chi connectivity index (χ1) is 18.0. The molecule has 9 nitrogen and oxygen atoms in total. The lowest BCUT2D eigenvalue weighted by atomic mass is 9.76. The van der Waals surface area contributed by atoms with Crippen molar-refractivity contribution in [2.75, 3.05) is 6.54 Å². The van der Waals surface area contributed by atoms with Crippen LogP contribution in [0.25, 0.3) is 10.4 Å². The maximum absolute atomic E-state index is 13.9. The number of likely N-dealkylation sites (tertiary alicyclic amines) is 1. The molecule has 0 bridgehead atoms. The number of hydrogen-bond acceptors (Lipinski definition) is 7. The summed E-state index contributed by atoms with van der Waals surface area (Å²) < 4.78 is 0. The lowest BCUT2D eigenvalue weighted by molar-refractivity contribution is -0.141. The van der Waals surface area contributed by atoms with Gasteiger partial charge in [0, 0.05) is 25.7 Å². The van der Waals surface area contributed by atoms with Crippen molar-refractivity contribution in [1.29, 1.82) is 0 Å². The second-order valence-corrected chi connectivity index (χ2v) is 11.5. The molecular weight excluding hydrogens is 502 g/mol. The molecule has 1 saturated heterocycles. The van der Waals surface area contributed by atoms with Gasteiger partial charge in [-0.2, -0.15) is 0 Å². The van der Waals surface area contributed by atoms with Crippen LogP contribution < -0.4 is 11.1 Å². The van der Waals surface area contributed by atoms with Gasteiger partial charge in [-0.05, 0) is 35.6 Å². The van der Waals surface area contributed by atoms with Crippen LogP contribution in [0.1, 0.15) is 60.4 Å². The smallest absolute Gasteiger partial charge is 0.250 e. The molecule has 2 aromatic heterocycles. The molecule has 0 spiro atoms. The highest BCUT2D eigenvalue weighted by atomic mass is 32.1. The van der Waals surface area contributed by atoms with E-state index in [-0.39, 0.29) is 42.6 Å². The molecule has 0 saturated carbocycles. The second-order valence-electron chi connectivity index (χ2n) is 10.7. The number of carbonyl (C=O) groups is 3. The van der Waals surface area contributed by atoms with Gasteiger partial charge in [0.25, 0.3) is 5.91 Å². The highest BCUT2D eigenvalue weighted by Crippen LogP contribution is 2.39. The van der Waals surface area contributed by atoms with Gasteiger partial charge in [-0.3, -0.25) is 19.4 Å². The van der Waals surface area contributed by atoms with Gasteiger partial charge in [-0.25, -0.2) is 4.98 Å². The van der Waals surface area contributed by atoms with Gasteiger partial charge in [0.1, 0.15) is 6.04 Å². The summed E-state index contributed by atoms with van der Waals surface area (Å²) in [5, 5.41) is 13.3. The van der Waals surface area contributed by atoms with E-state index in [4.69, 9.17) is 5.73 Å². The Morgan fingerprint density at radius 2 is 1.89 bits per heavy atom. The molecule has 0 aliphatic carbocycles. The van der Waals surface area contributed by atoms with E-state index in [2.05, 4.69) is 15.3 Å². The summed E-state index contributed by atoms with van der Waals surface area (Å²) in [6.45, 7) is 7.88. The Morgan fingerprint density at radius 3 is 2.50 bits per heavy atom. The molecule has 3 amide bonds. The molecule has 4 N–H and O–H groups in total. The zero-order valence-corrected chi connectivity index (χ0v) is 22.8. The number of rotatable bonds is 7. The monoisotopic (exact) mass is 535 g/mol. The van der Waals surface area contributed by atoms with Crippen molar-refractivity contribution < 1.29 is 19.5 Å². The fourth-order valence-electron chi connectivity index (χ4n) is 4.89. The van der Waals surface area contributed by atoms with E-state index in [9.17, 15) is 19.5 Å². The molecule has 4 rings (SSSR count). The summed E-state index contributed by atoms with van der Waals surface area (Å²) in [4.78, 5) is 50.4. The van der Waals surface area contributed by atoms with Crippen LogP contribution >= 0.6 is 11.3 Å². The maximum atomic E-state index is 13.9. The summed E-state index contributed by atoms with van der Waals surface area (Å²) in [7, 11) is 0. The van der Waals surface area contributed by atoms with Gasteiger partial charge in [0.15, 0.2) is 0 Å². The molecule has 0 unspecified atom stereocenters. The van der Waals surface area contributed by atoms with Gasteiger partial charge in [-0.1, -0.05) is 45.0 Å². The van der Waals surface area contributed by atoms with Crippen molar-refractivity contribution in [1.82, 2.24) is 20.2 Å². The van der Waals surface area contributed by atoms with Crippen molar-refractivity contribution in [3.8, 4) is 10.4 Å². The molecule has 38 heavy (non-hydrogen) atoms. The third kappa shape index (κ3) is 5.76. The van der Waals surface area contributed by atoms with E-state index in [1.54, 1.807) is 23.5 Å². The minimum absolute atomic E-state index is 0.0190. The number of pyridine rings is 1. The molecule has 10 heteroatoms. The first-order valence-corrected chi connectivity index (χ1v) is 13.4. The largest absolute Gasteiger partial charge is 0.391 e. The van der Waals surface area contributed by atoms with Crippen molar-refractivity contribution in [2.24, 2.45) is 11.1 Å². The SMILES string of the molecule is Cc1ncsc1-c1ccc(CNC(=O)[C@@H]2C[C@@H](O)CN2C(=O)[C@H](c2ncccc2C(N)=O)C(C)(C)C)cc1. The number of nitrogens with zero attached hydrogens (tertiary/aromatic N) is 3. The Hall–Kier alpha value is -3.63. The Morgan fingerprint density at radius 1 is 1.18 bits per heavy atom. The topological polar surface area (TPSA) is 139 Å². The molecule has 3 heterocycles. The number of nitrogens with two attached hydrogens (primary N) is 1. The molecule has 1 aromatic carbocycles. The van der Waals surface area contributed by atoms with Gasteiger partial charge in [0.05, 0.1) is 39.4 Å². The summed E-state index contributed by atoms with van der Waals surface area (Å²) in [6, 6.07) is 10.2. The van der Waals surface area contributed by atoms with Gasteiger partial charge >= 0.3 is 0 Å². The number of aliphatic hydroxyl groups excluding tert-OH is 1. The summed E-state index contributed by atoms with van der Waals surface area (Å²) >= 11 is 1.58. The molecule has 0 radical (unpaired) electrons. The zero-order valence-electron chi connectivity index (χ0n) is 22.0. The van der Waals surface area contributed by atoms with E-state index < -0.39 is 29.4 Å². The molecule has 1 aliphatic heterocycles. The summed E-state index contributed by atoms with van der Waals surface area (Å²) in [5.74, 6) is -2.24. The summed E-state index contributed by atoms with van der Waals surface area (Å²) in [6.07, 6.45) is 0.804. The van der Waals surface area contributed by atoms with E-state index in [0.717, 1.165) is 21.7 Å². The molecule has 200 valence electrons. The molecule has 3 aromatic rings. The maximum Gasteiger partial charge on any atom is 0.250 e. The Labute approximate surface area is 226 Å². The number of amides is 3.